The van der Waals surface area contributed by atoms with Crippen LogP contribution in [0, 0.1) is 0 Å². The predicted octanol–water partition coefficient (Wildman–Crippen LogP) is 3.25. The largest absolute Gasteiger partial charge is 0.287 e. The van der Waals surface area contributed by atoms with Crippen LogP contribution >= 0.6 is 0 Å². The molecule has 4 rings (SSSR count). The first kappa shape index (κ1) is 11.8. The fraction of sp³-hybridized carbons (Fsp3) is 0. The van der Waals surface area contributed by atoms with Gasteiger partial charge in [0.1, 0.15) is 11.5 Å². The van der Waals surface area contributed by atoms with E-state index >= 15 is 0 Å². The van der Waals surface area contributed by atoms with Crippen molar-refractivity contribution in [3.63, 3.8) is 0 Å². The second-order valence-corrected chi connectivity index (χ2v) is 4.83. The third-order valence-electron chi connectivity index (χ3n) is 3.57. The Morgan fingerprint density at radius 2 is 1.71 bits per heavy atom. The van der Waals surface area contributed by atoms with E-state index in [9.17, 15) is 4.79 Å². The zero-order valence-corrected chi connectivity index (χ0v) is 11.1. The van der Waals surface area contributed by atoms with Gasteiger partial charge in [-0.2, -0.15) is 5.10 Å². The van der Waals surface area contributed by atoms with Crippen molar-refractivity contribution in [2.75, 3.05) is 5.43 Å². The van der Waals surface area contributed by atoms with Gasteiger partial charge in [-0.1, -0.05) is 42.5 Å². The molecule has 2 aromatic carbocycles. The van der Waals surface area contributed by atoms with Crippen LogP contribution in [-0.4, -0.2) is 16.5 Å². The van der Waals surface area contributed by atoms with E-state index in [0.717, 1.165) is 16.3 Å². The highest BCUT2D eigenvalue weighted by Crippen LogP contribution is 2.30. The van der Waals surface area contributed by atoms with Crippen molar-refractivity contribution in [1.29, 1.82) is 0 Å². The van der Waals surface area contributed by atoms with Crippen molar-refractivity contribution in [2.45, 2.75) is 0 Å². The van der Waals surface area contributed by atoms with Gasteiger partial charge in [-0.05, 0) is 17.5 Å². The van der Waals surface area contributed by atoms with E-state index in [1.165, 1.54) is 0 Å². The SMILES string of the molecule is O=C1C(=NNc2ccccn2)c2cccc3cccc1c23. The lowest BCUT2D eigenvalue weighted by Gasteiger charge is -2.01. The number of carbonyl (C=O) groups excluding carboxylic acids is 1. The average Bonchev–Trinajstić information content (AvgIpc) is 2.81. The molecule has 4 heteroatoms. The van der Waals surface area contributed by atoms with E-state index in [1.807, 2.05) is 48.5 Å². The molecule has 1 N–H and O–H groups in total. The molecule has 1 heterocycles. The summed E-state index contributed by atoms with van der Waals surface area (Å²) in [7, 11) is 0. The van der Waals surface area contributed by atoms with Crippen molar-refractivity contribution >= 4 is 28.1 Å². The molecule has 0 spiro atoms. The Morgan fingerprint density at radius 3 is 2.48 bits per heavy atom. The number of nitrogens with zero attached hydrogens (tertiary/aromatic N) is 2. The normalized spacial score (nSPS) is 14.9. The van der Waals surface area contributed by atoms with Gasteiger partial charge in [-0.15, -0.1) is 0 Å². The highest BCUT2D eigenvalue weighted by atomic mass is 16.1. The molecule has 0 bridgehead atoms. The summed E-state index contributed by atoms with van der Waals surface area (Å²) in [6.07, 6.45) is 1.68. The number of Topliss-reactive ketones (excluding diaryl/α,β-unsaturated/α-hetero) is 1. The summed E-state index contributed by atoms with van der Waals surface area (Å²) in [5.41, 5.74) is 4.87. The molecule has 0 amide bonds. The first-order chi connectivity index (χ1) is 10.3. The summed E-state index contributed by atoms with van der Waals surface area (Å²) in [6, 6.07) is 17.1. The highest BCUT2D eigenvalue weighted by molar-refractivity contribution is 6.59. The minimum absolute atomic E-state index is 0.0507. The highest BCUT2D eigenvalue weighted by Gasteiger charge is 2.28. The van der Waals surface area contributed by atoms with Gasteiger partial charge in [-0.3, -0.25) is 10.2 Å². The van der Waals surface area contributed by atoms with Crippen molar-refractivity contribution in [1.82, 2.24) is 4.98 Å². The number of rotatable bonds is 2. The Hall–Kier alpha value is -3.01. The van der Waals surface area contributed by atoms with Gasteiger partial charge < -0.3 is 0 Å². The van der Waals surface area contributed by atoms with Crippen molar-refractivity contribution in [3.8, 4) is 0 Å². The number of carbonyl (C=O) groups is 1. The summed E-state index contributed by atoms with van der Waals surface area (Å²) >= 11 is 0. The average molecular weight is 273 g/mol. The lowest BCUT2D eigenvalue weighted by atomic mass is 10.1. The number of aromatic nitrogens is 1. The van der Waals surface area contributed by atoms with Crippen LogP contribution in [0.25, 0.3) is 10.8 Å². The molecule has 100 valence electrons. The number of hydrogen-bond acceptors (Lipinski definition) is 4. The van der Waals surface area contributed by atoms with E-state index < -0.39 is 0 Å². The van der Waals surface area contributed by atoms with Crippen LogP contribution in [0.4, 0.5) is 5.82 Å². The quantitative estimate of drug-likeness (QED) is 0.729. The minimum atomic E-state index is -0.0507. The number of ketones is 1. The molecule has 1 aliphatic rings. The molecule has 1 aromatic heterocycles. The number of nitrogens with one attached hydrogen (secondary N) is 1. The van der Waals surface area contributed by atoms with Gasteiger partial charge in [0.2, 0.25) is 5.78 Å². The third-order valence-corrected chi connectivity index (χ3v) is 3.57. The molecular weight excluding hydrogens is 262 g/mol. The van der Waals surface area contributed by atoms with Gasteiger partial charge in [0.25, 0.3) is 0 Å². The third kappa shape index (κ3) is 1.80. The lowest BCUT2D eigenvalue weighted by Crippen LogP contribution is -2.11. The van der Waals surface area contributed by atoms with Gasteiger partial charge in [0, 0.05) is 22.7 Å². The first-order valence-electron chi connectivity index (χ1n) is 6.66. The molecule has 0 saturated heterocycles. The van der Waals surface area contributed by atoms with Crippen LogP contribution < -0.4 is 5.43 Å². The fourth-order valence-electron chi connectivity index (χ4n) is 2.63. The van der Waals surface area contributed by atoms with Crippen LogP contribution in [0.1, 0.15) is 15.9 Å². The smallest absolute Gasteiger partial charge is 0.214 e. The monoisotopic (exact) mass is 273 g/mol. The summed E-state index contributed by atoms with van der Waals surface area (Å²) in [5, 5.41) is 6.30. The minimum Gasteiger partial charge on any atom is -0.287 e. The van der Waals surface area contributed by atoms with Crippen LogP contribution in [0.15, 0.2) is 65.9 Å². The maximum atomic E-state index is 12.5. The Balaban J connectivity index is 1.82. The summed E-state index contributed by atoms with van der Waals surface area (Å²) < 4.78 is 0. The molecule has 0 fully saturated rings. The second kappa shape index (κ2) is 4.52. The van der Waals surface area contributed by atoms with Crippen LogP contribution in [0.2, 0.25) is 0 Å². The number of hydrazone groups is 1. The van der Waals surface area contributed by atoms with E-state index in [2.05, 4.69) is 15.5 Å². The predicted molar refractivity (Wildman–Crippen MR) is 82.7 cm³/mol. The van der Waals surface area contributed by atoms with Crippen LogP contribution in [0.5, 0.6) is 0 Å². The first-order valence-corrected chi connectivity index (χ1v) is 6.66. The molecule has 0 atom stereocenters. The Labute approximate surface area is 121 Å². The standard InChI is InChI=1S/C17H11N3O/c21-17-13-8-4-6-11-5-3-7-12(15(11)13)16(17)20-19-14-9-1-2-10-18-14/h1-10H,(H,18,19). The zero-order chi connectivity index (χ0) is 14.2. The number of pyridine rings is 1. The van der Waals surface area contributed by atoms with Gasteiger partial charge in [0.05, 0.1) is 0 Å². The summed E-state index contributed by atoms with van der Waals surface area (Å²) in [5.74, 6) is 0.561. The van der Waals surface area contributed by atoms with Gasteiger partial charge >= 0.3 is 0 Å². The molecular formula is C17H11N3O. The number of hydrogen-bond donors (Lipinski definition) is 1. The van der Waals surface area contributed by atoms with Crippen LogP contribution in [-0.2, 0) is 0 Å². The maximum Gasteiger partial charge on any atom is 0.214 e. The second-order valence-electron chi connectivity index (χ2n) is 4.83. The Bertz CT molecular complexity index is 880. The molecule has 1 aliphatic carbocycles. The van der Waals surface area contributed by atoms with Gasteiger partial charge in [-0.25, -0.2) is 4.98 Å². The van der Waals surface area contributed by atoms with Crippen molar-refractivity contribution < 1.29 is 4.79 Å². The van der Waals surface area contributed by atoms with E-state index in [4.69, 9.17) is 0 Å². The van der Waals surface area contributed by atoms with E-state index in [-0.39, 0.29) is 5.78 Å². The molecule has 4 nitrogen and oxygen atoms in total. The fourth-order valence-corrected chi connectivity index (χ4v) is 2.63. The number of benzene rings is 2. The molecule has 0 aliphatic heterocycles. The Morgan fingerprint density at radius 1 is 0.905 bits per heavy atom. The lowest BCUT2D eigenvalue weighted by molar-refractivity contribution is 0.107. The molecule has 3 aromatic rings. The van der Waals surface area contributed by atoms with Crippen molar-refractivity contribution in [3.05, 3.63) is 71.9 Å². The van der Waals surface area contributed by atoms with E-state index in [1.54, 1.807) is 12.3 Å². The van der Waals surface area contributed by atoms with Crippen molar-refractivity contribution in [2.24, 2.45) is 5.10 Å². The summed E-state index contributed by atoms with van der Waals surface area (Å²) in [4.78, 5) is 16.6. The molecule has 0 saturated carbocycles. The summed E-state index contributed by atoms with van der Waals surface area (Å²) in [6.45, 7) is 0. The van der Waals surface area contributed by atoms with Crippen LogP contribution in [0.3, 0.4) is 0 Å². The maximum absolute atomic E-state index is 12.5. The zero-order valence-electron chi connectivity index (χ0n) is 11.1. The molecule has 21 heavy (non-hydrogen) atoms. The number of anilines is 1. The van der Waals surface area contributed by atoms with E-state index in [0.29, 0.717) is 17.1 Å². The topological polar surface area (TPSA) is 54.4 Å². The Kier molecular flexibility index (Phi) is 2.54. The molecule has 0 unspecified atom stereocenters. The molecule has 0 radical (unpaired) electrons. The van der Waals surface area contributed by atoms with Gasteiger partial charge in [0.15, 0.2) is 0 Å².